The summed E-state index contributed by atoms with van der Waals surface area (Å²) in [5, 5.41) is 3.16. The van der Waals surface area contributed by atoms with E-state index in [4.69, 9.17) is 4.74 Å². The lowest BCUT2D eigenvalue weighted by atomic mass is 10.1. The van der Waals surface area contributed by atoms with Gasteiger partial charge in [-0.15, -0.1) is 0 Å². The minimum absolute atomic E-state index is 0.119. The van der Waals surface area contributed by atoms with E-state index in [1.807, 2.05) is 32.2 Å². The van der Waals surface area contributed by atoms with Gasteiger partial charge in [-0.25, -0.2) is 0 Å². The van der Waals surface area contributed by atoms with E-state index in [0.717, 1.165) is 18.7 Å². The van der Waals surface area contributed by atoms with Gasteiger partial charge in [0.25, 0.3) is 0 Å². The van der Waals surface area contributed by atoms with Crippen LogP contribution in [0.4, 0.5) is 0 Å². The fraction of sp³-hybridized carbons (Fsp3) is 0.500. The highest BCUT2D eigenvalue weighted by molar-refractivity contribution is 5.77. The van der Waals surface area contributed by atoms with Crippen molar-refractivity contribution >= 4 is 5.91 Å². The Morgan fingerprint density at radius 3 is 3.00 bits per heavy atom. The summed E-state index contributed by atoms with van der Waals surface area (Å²) in [6.45, 7) is 3.79. The van der Waals surface area contributed by atoms with E-state index < -0.39 is 0 Å². The molecule has 0 saturated heterocycles. The molecule has 18 heavy (non-hydrogen) atoms. The third-order valence-electron chi connectivity index (χ3n) is 3.26. The smallest absolute Gasteiger partial charge is 0.236 e. The highest BCUT2D eigenvalue weighted by atomic mass is 16.5. The second-order valence-corrected chi connectivity index (χ2v) is 4.59. The SMILES string of the molecule is CCN(C)C(=O)CNCC1Cc2ccccc2O1. The molecule has 0 bridgehead atoms. The number of fused-ring (bicyclic) bond motifs is 1. The molecule has 1 aromatic rings. The molecule has 4 nitrogen and oxygen atoms in total. The van der Waals surface area contributed by atoms with Gasteiger partial charge in [0, 0.05) is 26.6 Å². The van der Waals surface area contributed by atoms with Crippen molar-refractivity contribution in [2.75, 3.05) is 26.7 Å². The van der Waals surface area contributed by atoms with Crippen LogP contribution in [0.15, 0.2) is 24.3 Å². The number of rotatable bonds is 5. The second kappa shape index (κ2) is 5.87. The van der Waals surface area contributed by atoms with E-state index in [1.165, 1.54) is 5.56 Å². The normalized spacial score (nSPS) is 17.1. The average molecular weight is 248 g/mol. The molecule has 1 aliphatic rings. The quantitative estimate of drug-likeness (QED) is 0.847. The van der Waals surface area contributed by atoms with E-state index in [2.05, 4.69) is 11.4 Å². The van der Waals surface area contributed by atoms with Crippen molar-refractivity contribution in [2.24, 2.45) is 0 Å². The van der Waals surface area contributed by atoms with Gasteiger partial charge in [-0.2, -0.15) is 0 Å². The number of hydrogen-bond donors (Lipinski definition) is 1. The Bertz CT molecular complexity index is 395. The van der Waals surface area contributed by atoms with Crippen molar-refractivity contribution in [3.05, 3.63) is 29.8 Å². The van der Waals surface area contributed by atoms with Crippen LogP contribution in [0.2, 0.25) is 0 Å². The molecule has 1 aliphatic heterocycles. The monoisotopic (exact) mass is 248 g/mol. The summed E-state index contributed by atoms with van der Waals surface area (Å²) in [4.78, 5) is 13.3. The molecule has 0 spiro atoms. The first kappa shape index (κ1) is 12.9. The van der Waals surface area contributed by atoms with E-state index in [9.17, 15) is 4.79 Å². The second-order valence-electron chi connectivity index (χ2n) is 4.59. The summed E-state index contributed by atoms with van der Waals surface area (Å²) in [7, 11) is 1.81. The van der Waals surface area contributed by atoms with Crippen molar-refractivity contribution in [1.29, 1.82) is 0 Å². The molecule has 2 rings (SSSR count). The van der Waals surface area contributed by atoms with Crippen LogP contribution in [-0.4, -0.2) is 43.6 Å². The first-order valence-corrected chi connectivity index (χ1v) is 6.40. The van der Waals surface area contributed by atoms with Crippen LogP contribution in [0.3, 0.4) is 0 Å². The van der Waals surface area contributed by atoms with E-state index in [1.54, 1.807) is 4.90 Å². The van der Waals surface area contributed by atoms with Gasteiger partial charge in [-0.3, -0.25) is 4.79 Å². The zero-order valence-corrected chi connectivity index (χ0v) is 11.0. The van der Waals surface area contributed by atoms with E-state index in [0.29, 0.717) is 13.1 Å². The molecular weight excluding hydrogens is 228 g/mol. The molecule has 1 amide bonds. The third-order valence-corrected chi connectivity index (χ3v) is 3.26. The third kappa shape index (κ3) is 3.01. The van der Waals surface area contributed by atoms with Crippen LogP contribution in [-0.2, 0) is 11.2 Å². The largest absolute Gasteiger partial charge is 0.488 e. The highest BCUT2D eigenvalue weighted by Gasteiger charge is 2.21. The molecule has 1 heterocycles. The summed E-state index contributed by atoms with van der Waals surface area (Å²) in [5.74, 6) is 1.09. The van der Waals surface area contributed by atoms with Gasteiger partial charge in [0.15, 0.2) is 0 Å². The molecule has 0 aliphatic carbocycles. The number of nitrogens with zero attached hydrogens (tertiary/aromatic N) is 1. The highest BCUT2D eigenvalue weighted by Crippen LogP contribution is 2.27. The number of nitrogens with one attached hydrogen (secondary N) is 1. The zero-order chi connectivity index (χ0) is 13.0. The zero-order valence-electron chi connectivity index (χ0n) is 11.0. The van der Waals surface area contributed by atoms with Crippen LogP contribution in [0.5, 0.6) is 5.75 Å². The number of ether oxygens (including phenoxy) is 1. The molecule has 0 fully saturated rings. The molecule has 1 N–H and O–H groups in total. The summed E-state index contributed by atoms with van der Waals surface area (Å²) < 4.78 is 5.79. The van der Waals surface area contributed by atoms with Gasteiger partial charge < -0.3 is 15.0 Å². The lowest BCUT2D eigenvalue weighted by Crippen LogP contribution is -2.39. The number of amides is 1. The Morgan fingerprint density at radius 2 is 2.28 bits per heavy atom. The number of carbonyl (C=O) groups is 1. The molecule has 1 unspecified atom stereocenters. The number of para-hydroxylation sites is 1. The lowest BCUT2D eigenvalue weighted by Gasteiger charge is -2.16. The Morgan fingerprint density at radius 1 is 1.50 bits per heavy atom. The van der Waals surface area contributed by atoms with Crippen molar-refractivity contribution < 1.29 is 9.53 Å². The van der Waals surface area contributed by atoms with Crippen LogP contribution in [0.25, 0.3) is 0 Å². The minimum Gasteiger partial charge on any atom is -0.488 e. The molecule has 0 aromatic heterocycles. The first-order valence-electron chi connectivity index (χ1n) is 6.40. The summed E-state index contributed by atoms with van der Waals surface area (Å²) >= 11 is 0. The molecule has 1 aromatic carbocycles. The lowest BCUT2D eigenvalue weighted by molar-refractivity contribution is -0.128. The summed E-state index contributed by atoms with van der Waals surface area (Å²) in [6, 6.07) is 8.09. The standard InChI is InChI=1S/C14H20N2O2/c1-3-16(2)14(17)10-15-9-12-8-11-6-4-5-7-13(11)18-12/h4-7,12,15H,3,8-10H2,1-2H3. The van der Waals surface area contributed by atoms with Crippen LogP contribution < -0.4 is 10.1 Å². The number of hydrogen-bond acceptors (Lipinski definition) is 3. The van der Waals surface area contributed by atoms with Gasteiger partial charge in [-0.1, -0.05) is 18.2 Å². The molecule has 0 radical (unpaired) electrons. The van der Waals surface area contributed by atoms with Gasteiger partial charge in [0.1, 0.15) is 11.9 Å². The molecular formula is C14H20N2O2. The molecule has 98 valence electrons. The average Bonchev–Trinajstić information content (AvgIpc) is 2.80. The Hall–Kier alpha value is -1.55. The van der Waals surface area contributed by atoms with E-state index >= 15 is 0 Å². The van der Waals surface area contributed by atoms with Gasteiger partial charge >= 0.3 is 0 Å². The van der Waals surface area contributed by atoms with Crippen molar-refractivity contribution in [3.63, 3.8) is 0 Å². The van der Waals surface area contributed by atoms with Gasteiger partial charge in [0.2, 0.25) is 5.91 Å². The fourth-order valence-corrected chi connectivity index (χ4v) is 2.02. The Labute approximate surface area is 108 Å². The van der Waals surface area contributed by atoms with Crippen molar-refractivity contribution in [2.45, 2.75) is 19.4 Å². The van der Waals surface area contributed by atoms with Crippen molar-refractivity contribution in [3.8, 4) is 5.75 Å². The Kier molecular flexibility index (Phi) is 4.20. The predicted molar refractivity (Wildman–Crippen MR) is 70.7 cm³/mol. The maximum absolute atomic E-state index is 11.6. The maximum atomic E-state index is 11.6. The molecule has 4 heteroatoms. The van der Waals surface area contributed by atoms with Crippen molar-refractivity contribution in [1.82, 2.24) is 10.2 Å². The summed E-state index contributed by atoms with van der Waals surface area (Å²) in [6.07, 6.45) is 1.06. The predicted octanol–water partition coefficient (Wildman–Crippen LogP) is 1.06. The maximum Gasteiger partial charge on any atom is 0.236 e. The number of benzene rings is 1. The molecule has 1 atom stereocenters. The Balaban J connectivity index is 1.73. The first-order chi connectivity index (χ1) is 8.70. The molecule has 0 saturated carbocycles. The number of carbonyl (C=O) groups excluding carboxylic acids is 1. The van der Waals surface area contributed by atoms with Crippen LogP contribution >= 0.6 is 0 Å². The van der Waals surface area contributed by atoms with Gasteiger partial charge in [-0.05, 0) is 18.6 Å². The van der Waals surface area contributed by atoms with Crippen LogP contribution in [0, 0.1) is 0 Å². The number of likely N-dealkylation sites (N-methyl/N-ethyl adjacent to an activating group) is 1. The topological polar surface area (TPSA) is 41.6 Å². The van der Waals surface area contributed by atoms with Crippen LogP contribution in [0.1, 0.15) is 12.5 Å². The van der Waals surface area contributed by atoms with Gasteiger partial charge in [0.05, 0.1) is 6.54 Å². The minimum atomic E-state index is 0.119. The summed E-state index contributed by atoms with van der Waals surface area (Å²) in [5.41, 5.74) is 1.25. The fourth-order valence-electron chi connectivity index (χ4n) is 2.02. The van der Waals surface area contributed by atoms with E-state index in [-0.39, 0.29) is 12.0 Å².